The second-order valence-electron chi connectivity index (χ2n) is 13.8. The molecular formula is C44H62N8O4. The van der Waals surface area contributed by atoms with Crippen LogP contribution >= 0.6 is 0 Å². The molecule has 1 aliphatic rings. The average molecular weight is 767 g/mol. The van der Waals surface area contributed by atoms with Crippen molar-refractivity contribution in [1.82, 2.24) is 25.2 Å². The Labute approximate surface area is 333 Å². The monoisotopic (exact) mass is 766 g/mol. The molecule has 3 aromatic rings. The fraction of sp³-hybridized carbons (Fsp3) is 0.477. The van der Waals surface area contributed by atoms with E-state index in [1.54, 1.807) is 12.3 Å². The minimum atomic E-state index is -0.488. The number of piperidine rings is 1. The maximum atomic E-state index is 12.4. The summed E-state index contributed by atoms with van der Waals surface area (Å²) in [7, 11) is 0. The maximum absolute atomic E-state index is 12.4. The molecular weight excluding hydrogens is 705 g/mol. The maximum Gasteiger partial charge on any atom is 0.407 e. The van der Waals surface area contributed by atoms with Crippen molar-refractivity contribution in [2.24, 2.45) is 0 Å². The number of fused-ring (bicyclic) bond motifs is 1. The van der Waals surface area contributed by atoms with Gasteiger partial charge >= 0.3 is 6.09 Å². The van der Waals surface area contributed by atoms with Crippen LogP contribution in [0.3, 0.4) is 0 Å². The summed E-state index contributed by atoms with van der Waals surface area (Å²) in [5.74, 6) is 1.63. The number of unbranched alkanes of at least 4 members (excludes halogenated alkanes) is 1. The minimum absolute atomic E-state index is 0.0206. The highest BCUT2D eigenvalue weighted by atomic mass is 16.5. The van der Waals surface area contributed by atoms with Gasteiger partial charge in [0.15, 0.2) is 18.0 Å². The summed E-state index contributed by atoms with van der Waals surface area (Å²) < 4.78 is 8.15. The first-order chi connectivity index (χ1) is 27.5. The van der Waals surface area contributed by atoms with E-state index in [2.05, 4.69) is 101 Å². The molecule has 302 valence electrons. The molecule has 0 spiro atoms. The molecule has 0 saturated carbocycles. The Morgan fingerprint density at radius 3 is 2.39 bits per heavy atom. The van der Waals surface area contributed by atoms with Crippen molar-refractivity contribution in [1.29, 1.82) is 0 Å². The number of anilines is 2. The zero-order chi connectivity index (χ0) is 39.6. The molecule has 56 heavy (non-hydrogen) atoms. The van der Waals surface area contributed by atoms with Gasteiger partial charge < -0.3 is 30.8 Å². The molecule has 1 saturated heterocycles. The predicted molar refractivity (Wildman–Crippen MR) is 225 cm³/mol. The van der Waals surface area contributed by atoms with Crippen molar-refractivity contribution in [2.75, 3.05) is 36.5 Å². The molecule has 4 rings (SSSR count). The molecule has 1 atom stereocenters. The molecule has 0 unspecified atom stereocenters. The molecule has 1 aliphatic heterocycles. The van der Waals surface area contributed by atoms with E-state index in [1.165, 1.54) is 6.20 Å². The number of pyridine rings is 1. The third kappa shape index (κ3) is 15.8. The molecule has 3 N–H and O–H groups in total. The van der Waals surface area contributed by atoms with Gasteiger partial charge in [0.2, 0.25) is 5.91 Å². The van der Waals surface area contributed by atoms with Crippen LogP contribution in [0.2, 0.25) is 0 Å². The summed E-state index contributed by atoms with van der Waals surface area (Å²) in [6.07, 6.45) is 37.7. The standard InChI is InChI=1S/C44H62N8O4/c1-3-5-6-7-8-9-10-11-12-13-14-15-16-17-18-19-20-26-42(53)45-28-29-46-44(54)56-32-27-39-25-21-22-31-51(39)41-33-40(47-34-37-24-23-30-50(55)36-37)52-43(49-41)38(4-2)35-48-52/h5-6,8-9,11-12,14-15,17-18,23-24,30,33,35-36,39,47H,3-4,7,10,13,16,19-22,25-29,31-32,34H2,1-2H3,(H,45,53)(H,46,54)/b6-5-,9-8-,12-11-,15-14-,18-17-/t39-/m0/s1. The van der Waals surface area contributed by atoms with Crippen molar-refractivity contribution in [3.63, 3.8) is 0 Å². The number of nitrogens with zero attached hydrogens (tertiary/aromatic N) is 5. The van der Waals surface area contributed by atoms with Gasteiger partial charge in [-0.05, 0) is 76.7 Å². The first-order valence-corrected chi connectivity index (χ1v) is 20.5. The van der Waals surface area contributed by atoms with Crippen LogP contribution in [-0.2, 0) is 22.5 Å². The Hall–Kier alpha value is -5.39. The number of nitrogens with one attached hydrogen (secondary N) is 3. The van der Waals surface area contributed by atoms with Crippen LogP contribution in [0.25, 0.3) is 5.65 Å². The SMILES string of the molecule is CC/C=C\C/C=C\C/C=C\C/C=C\C/C=C\CCCC(=O)NCCNC(=O)OCC[C@@H]1CCCCN1c1cc(NCc2ccc[n+]([O-])c2)n2ncc(CC)c2n1. The Morgan fingerprint density at radius 2 is 1.68 bits per heavy atom. The van der Waals surface area contributed by atoms with Gasteiger partial charge in [0, 0.05) is 68.3 Å². The van der Waals surface area contributed by atoms with Crippen molar-refractivity contribution >= 4 is 29.3 Å². The van der Waals surface area contributed by atoms with Gasteiger partial charge in [-0.2, -0.15) is 14.3 Å². The number of allylic oxidation sites excluding steroid dienone is 10. The number of hydrogen-bond acceptors (Lipinski definition) is 8. The highest BCUT2D eigenvalue weighted by Gasteiger charge is 2.25. The highest BCUT2D eigenvalue weighted by molar-refractivity contribution is 5.76. The Morgan fingerprint density at radius 1 is 0.964 bits per heavy atom. The summed E-state index contributed by atoms with van der Waals surface area (Å²) in [6, 6.07) is 5.81. The molecule has 4 heterocycles. The average Bonchev–Trinajstić information content (AvgIpc) is 3.63. The summed E-state index contributed by atoms with van der Waals surface area (Å²) in [5.41, 5.74) is 2.72. The Balaban J connectivity index is 1.09. The van der Waals surface area contributed by atoms with Crippen LogP contribution in [-0.4, -0.2) is 58.9 Å². The quantitative estimate of drug-likeness (QED) is 0.0360. The van der Waals surface area contributed by atoms with Gasteiger partial charge in [-0.1, -0.05) is 74.6 Å². The molecule has 2 amide bonds. The smallest absolute Gasteiger partial charge is 0.407 e. The second-order valence-corrected chi connectivity index (χ2v) is 13.8. The molecule has 0 aliphatic carbocycles. The number of hydrogen-bond donors (Lipinski definition) is 3. The van der Waals surface area contributed by atoms with E-state index in [-0.39, 0.29) is 18.6 Å². The van der Waals surface area contributed by atoms with Crippen LogP contribution in [0.1, 0.15) is 102 Å². The lowest BCUT2D eigenvalue weighted by atomic mass is 9.99. The zero-order valence-electron chi connectivity index (χ0n) is 33.4. The zero-order valence-corrected chi connectivity index (χ0v) is 33.4. The fourth-order valence-corrected chi connectivity index (χ4v) is 6.46. The molecule has 12 nitrogen and oxygen atoms in total. The number of amides is 2. The van der Waals surface area contributed by atoms with E-state index in [9.17, 15) is 14.8 Å². The van der Waals surface area contributed by atoms with E-state index in [0.29, 0.717) is 32.5 Å². The first-order valence-electron chi connectivity index (χ1n) is 20.5. The molecule has 0 aromatic carbocycles. The topological polar surface area (TPSA) is 140 Å². The van der Waals surface area contributed by atoms with Gasteiger partial charge in [0.05, 0.1) is 12.8 Å². The van der Waals surface area contributed by atoms with Gasteiger partial charge in [-0.15, -0.1) is 0 Å². The molecule has 0 bridgehead atoms. The molecule has 1 fully saturated rings. The predicted octanol–water partition coefficient (Wildman–Crippen LogP) is 8.05. The van der Waals surface area contributed by atoms with Crippen LogP contribution in [0.15, 0.2) is 97.5 Å². The number of carbonyl (C=O) groups is 2. The lowest BCUT2D eigenvalue weighted by Crippen LogP contribution is -2.41. The largest absolute Gasteiger partial charge is 0.619 e. The number of aromatic nitrogens is 4. The van der Waals surface area contributed by atoms with Crippen LogP contribution in [0.4, 0.5) is 16.4 Å². The van der Waals surface area contributed by atoms with E-state index in [0.717, 1.165) is 110 Å². The van der Waals surface area contributed by atoms with E-state index >= 15 is 0 Å². The lowest BCUT2D eigenvalue weighted by Gasteiger charge is -2.37. The third-order valence-corrected chi connectivity index (χ3v) is 9.48. The Kier molecular flexibility index (Phi) is 19.8. The number of aryl methyl sites for hydroxylation is 1. The molecule has 3 aromatic heterocycles. The van der Waals surface area contributed by atoms with E-state index in [1.807, 2.05) is 22.8 Å². The van der Waals surface area contributed by atoms with Crippen LogP contribution in [0.5, 0.6) is 0 Å². The Bertz CT molecular complexity index is 1780. The normalized spacial score (nSPS) is 15.0. The van der Waals surface area contributed by atoms with Gasteiger partial charge in [-0.3, -0.25) is 4.79 Å². The van der Waals surface area contributed by atoms with Crippen LogP contribution in [0, 0.1) is 5.21 Å². The number of carbonyl (C=O) groups excluding carboxylic acids is 2. The van der Waals surface area contributed by atoms with E-state index in [4.69, 9.17) is 9.72 Å². The van der Waals surface area contributed by atoms with Gasteiger partial charge in [0.25, 0.3) is 0 Å². The van der Waals surface area contributed by atoms with Crippen molar-refractivity contribution in [2.45, 2.75) is 110 Å². The van der Waals surface area contributed by atoms with Crippen LogP contribution < -0.4 is 25.6 Å². The summed E-state index contributed by atoms with van der Waals surface area (Å²) >= 11 is 0. The van der Waals surface area contributed by atoms with Gasteiger partial charge in [0.1, 0.15) is 11.6 Å². The number of rotatable bonds is 24. The first kappa shape index (κ1) is 43.3. The van der Waals surface area contributed by atoms with E-state index < -0.39 is 6.09 Å². The fourth-order valence-electron chi connectivity index (χ4n) is 6.46. The van der Waals surface area contributed by atoms with Gasteiger partial charge in [-0.25, -0.2) is 9.78 Å². The van der Waals surface area contributed by atoms with Crippen molar-refractivity contribution in [3.8, 4) is 0 Å². The molecule has 12 heteroatoms. The lowest BCUT2D eigenvalue weighted by molar-refractivity contribution is -0.605. The second kappa shape index (κ2) is 25.6. The van der Waals surface area contributed by atoms with Crippen molar-refractivity contribution in [3.05, 3.63) is 114 Å². The third-order valence-electron chi connectivity index (χ3n) is 9.48. The number of alkyl carbamates (subject to hydrolysis) is 1. The van der Waals surface area contributed by atoms with Crippen molar-refractivity contribution < 1.29 is 19.1 Å². The minimum Gasteiger partial charge on any atom is -0.619 e. The number of ether oxygens (including phenoxy) is 1. The summed E-state index contributed by atoms with van der Waals surface area (Å²) in [5, 5.41) is 25.4. The molecule has 0 radical (unpaired) electrons. The summed E-state index contributed by atoms with van der Waals surface area (Å²) in [6.45, 7) is 6.48. The highest BCUT2D eigenvalue weighted by Crippen LogP contribution is 2.29. The summed E-state index contributed by atoms with van der Waals surface area (Å²) in [4.78, 5) is 32.0.